The largest absolute Gasteiger partial charge is 0.394 e. The Kier molecular flexibility index (Phi) is 45.3. The molecule has 0 aliphatic carbocycles. The lowest BCUT2D eigenvalue weighted by molar-refractivity contribution is -0.272. The molecule has 3 aliphatic rings. The summed E-state index contributed by atoms with van der Waals surface area (Å²) in [6, 6.07) is -6.30. The molecule has 598 valence electrons. The zero-order valence-corrected chi connectivity index (χ0v) is 60.0. The first-order valence-electron chi connectivity index (χ1n) is 33.9. The van der Waals surface area contributed by atoms with Crippen molar-refractivity contribution in [1.29, 1.82) is 0 Å². The third-order valence-corrected chi connectivity index (χ3v) is 17.7. The van der Waals surface area contributed by atoms with Crippen LogP contribution in [0.5, 0.6) is 0 Å². The van der Waals surface area contributed by atoms with Gasteiger partial charge in [0.1, 0.15) is 85.1 Å². The second kappa shape index (κ2) is 50.6. The molecule has 3 rings (SSSR count). The number of hydrogen-bond acceptors (Lipinski definition) is 32. The van der Waals surface area contributed by atoms with Gasteiger partial charge in [-0.3, -0.25) is 42.9 Å². The molecule has 0 aromatic rings. The molecule has 0 aromatic carbocycles. The summed E-state index contributed by atoms with van der Waals surface area (Å²) in [5.74, 6) is -5.16. The molecule has 18 atom stereocenters. The first-order chi connectivity index (χ1) is 49.0. The number of nitrogens with one attached hydrogen (secondary N) is 8. The standard InChI is InChI=1S/C61H111N8O33P/c1-36(73)65-47-53(82)50(79)41(33-70)100-58(47)96-29-25-90-16-12-62-44(76)9-7-39(56(85)63-13-17-91-26-30-97-59-48(66-37(2)74)54(83)51(80)42(34-71)101-59)68-45(77)10-8-40(57(86)64-14-18-92-27-31-98-60-49(67-38(3)75)55(84)52(81)43(35-72)102-60)69-46(78)11-15-89-19-20-93-21-22-94-23-24-95-28-32-99-103(87,88)61(4,5)6/h39-43,47-55,58-60,70-72,79-84H,7-35H2,1-6H3,(H,62,76)(H,63,85)(H,64,86)(H,65,73)(H,66,74)(H,67,75)(H,68,77)(H,69,78)(H,87,88). The maximum absolute atomic E-state index is 13.8. The van der Waals surface area contributed by atoms with Crippen molar-refractivity contribution in [2.75, 3.05) is 158 Å². The highest BCUT2D eigenvalue weighted by molar-refractivity contribution is 7.54. The van der Waals surface area contributed by atoms with Crippen molar-refractivity contribution in [2.24, 2.45) is 0 Å². The number of rotatable bonds is 53. The SMILES string of the molecule is CC(=O)NC1C(OCCOCCNC(=O)CCC(NC(=O)CCC(NC(=O)CCOCCOCCOCCOCCOP(=O)(O)C(C)(C)C)C(=O)NCCOCCOC2OC(CO)C(O)C(O)C2NC(C)=O)C(=O)NCCOCCOC2OC(CO)C(O)C(O)C2NC(C)=O)OC(CO)C(O)C1O. The van der Waals surface area contributed by atoms with Crippen molar-refractivity contribution < 1.29 is 160 Å². The van der Waals surface area contributed by atoms with E-state index in [2.05, 4.69) is 42.5 Å². The number of aliphatic hydroxyl groups is 9. The third kappa shape index (κ3) is 35.5. The van der Waals surface area contributed by atoms with E-state index in [1.54, 1.807) is 20.8 Å². The molecule has 0 aromatic heterocycles. The molecule has 3 heterocycles. The van der Waals surface area contributed by atoms with Crippen LogP contribution in [0.2, 0.25) is 0 Å². The summed E-state index contributed by atoms with van der Waals surface area (Å²) in [5, 5.41) is 111. The van der Waals surface area contributed by atoms with E-state index in [-0.39, 0.29) is 164 Å². The molecule has 0 bridgehead atoms. The lowest BCUT2D eigenvalue weighted by atomic mass is 9.97. The molecule has 3 aliphatic heterocycles. The number of hydrogen-bond donors (Lipinski definition) is 18. The van der Waals surface area contributed by atoms with Gasteiger partial charge < -0.3 is 159 Å². The summed E-state index contributed by atoms with van der Waals surface area (Å²) in [6.45, 7) is 5.92. The minimum absolute atomic E-state index is 0.0367. The highest BCUT2D eigenvalue weighted by Crippen LogP contribution is 2.54. The van der Waals surface area contributed by atoms with E-state index in [1.807, 2.05) is 0 Å². The van der Waals surface area contributed by atoms with Gasteiger partial charge in [-0.2, -0.15) is 0 Å². The van der Waals surface area contributed by atoms with Gasteiger partial charge >= 0.3 is 7.60 Å². The summed E-state index contributed by atoms with van der Waals surface area (Å²) < 4.78 is 89.3. The molecule has 3 saturated heterocycles. The van der Waals surface area contributed by atoms with Gasteiger partial charge in [0.15, 0.2) is 18.9 Å². The topological polar surface area (TPSA) is 581 Å². The zero-order chi connectivity index (χ0) is 76.5. The Morgan fingerprint density at radius 3 is 1.02 bits per heavy atom. The molecule has 8 amide bonds. The second-order valence-corrected chi connectivity index (χ2v) is 27.4. The normalized spacial score (nSPS) is 26.2. The minimum Gasteiger partial charge on any atom is -0.394 e. The minimum atomic E-state index is -3.80. The average molecular weight is 1520 g/mol. The Balaban J connectivity index is 1.61. The maximum Gasteiger partial charge on any atom is 0.333 e. The molecule has 0 saturated carbocycles. The van der Waals surface area contributed by atoms with Gasteiger partial charge in [0, 0.05) is 59.7 Å². The van der Waals surface area contributed by atoms with Crippen LogP contribution in [0.25, 0.3) is 0 Å². The summed E-state index contributed by atoms with van der Waals surface area (Å²) in [5.41, 5.74) is 0. The monoisotopic (exact) mass is 1510 g/mol. The molecule has 42 heteroatoms. The number of carbonyl (C=O) groups excluding carboxylic acids is 8. The molecule has 3 fully saturated rings. The van der Waals surface area contributed by atoms with Crippen molar-refractivity contribution in [1.82, 2.24) is 42.5 Å². The predicted molar refractivity (Wildman–Crippen MR) is 351 cm³/mol. The van der Waals surface area contributed by atoms with Crippen molar-refractivity contribution in [3.63, 3.8) is 0 Å². The summed E-state index contributed by atoms with van der Waals surface area (Å²) in [6.07, 6.45) is -18.3. The first-order valence-corrected chi connectivity index (χ1v) is 35.5. The molecule has 0 radical (unpaired) electrons. The Labute approximate surface area is 596 Å². The molecular weight excluding hydrogens is 1400 g/mol. The first kappa shape index (κ1) is 92.2. The molecule has 18 N–H and O–H groups in total. The van der Waals surface area contributed by atoms with Crippen LogP contribution in [0.15, 0.2) is 0 Å². The third-order valence-electron chi connectivity index (χ3n) is 15.5. The van der Waals surface area contributed by atoms with E-state index in [0.29, 0.717) is 0 Å². The van der Waals surface area contributed by atoms with Gasteiger partial charge in [-0.05, 0) is 33.6 Å². The molecule has 0 spiro atoms. The van der Waals surface area contributed by atoms with Crippen molar-refractivity contribution >= 4 is 54.9 Å². The van der Waals surface area contributed by atoms with Gasteiger partial charge in [0.05, 0.1) is 144 Å². The second-order valence-electron chi connectivity index (χ2n) is 24.7. The van der Waals surface area contributed by atoms with E-state index in [9.17, 15) is 93.8 Å². The van der Waals surface area contributed by atoms with Gasteiger partial charge in [-0.15, -0.1) is 0 Å². The Morgan fingerprint density at radius 1 is 0.398 bits per heavy atom. The van der Waals surface area contributed by atoms with Crippen LogP contribution < -0.4 is 42.5 Å². The van der Waals surface area contributed by atoms with Gasteiger partial charge in [0.25, 0.3) is 0 Å². The lowest BCUT2D eigenvalue weighted by Crippen LogP contribution is -2.64. The zero-order valence-electron chi connectivity index (χ0n) is 59.1. The van der Waals surface area contributed by atoms with Crippen molar-refractivity contribution in [3.8, 4) is 0 Å². The van der Waals surface area contributed by atoms with Gasteiger partial charge in [-0.25, -0.2) is 0 Å². The number of amides is 8. The number of aliphatic hydroxyl groups excluding tert-OH is 9. The predicted octanol–water partition coefficient (Wildman–Crippen LogP) is -8.75. The van der Waals surface area contributed by atoms with E-state index in [4.69, 9.17) is 66.1 Å². The van der Waals surface area contributed by atoms with E-state index >= 15 is 0 Å². The average Bonchev–Trinajstić information content (AvgIpc) is 0.822. The maximum atomic E-state index is 13.8. The van der Waals surface area contributed by atoms with Crippen LogP contribution in [0.1, 0.15) is 73.6 Å². The quantitative estimate of drug-likeness (QED) is 0.0199. The van der Waals surface area contributed by atoms with Gasteiger partial charge in [-0.1, -0.05) is 0 Å². The van der Waals surface area contributed by atoms with Crippen LogP contribution in [-0.4, -0.2) is 366 Å². The van der Waals surface area contributed by atoms with Crippen molar-refractivity contribution in [2.45, 2.75) is 183 Å². The van der Waals surface area contributed by atoms with Crippen LogP contribution in [-0.2, 0) is 109 Å². The van der Waals surface area contributed by atoms with E-state index in [1.165, 1.54) is 20.8 Å². The Bertz CT molecular complexity index is 2540. The van der Waals surface area contributed by atoms with Crippen LogP contribution >= 0.6 is 7.60 Å². The van der Waals surface area contributed by atoms with Crippen molar-refractivity contribution in [3.05, 3.63) is 0 Å². The summed E-state index contributed by atoms with van der Waals surface area (Å²) in [7, 11) is -3.80. The van der Waals surface area contributed by atoms with Gasteiger partial charge in [0.2, 0.25) is 47.3 Å². The van der Waals surface area contributed by atoms with E-state index < -0.39 is 190 Å². The number of ether oxygens (including phenoxy) is 13. The Hall–Kier alpha value is -4.97. The highest BCUT2D eigenvalue weighted by atomic mass is 31.2. The number of carbonyl (C=O) groups is 8. The highest BCUT2D eigenvalue weighted by Gasteiger charge is 2.48. The summed E-state index contributed by atoms with van der Waals surface area (Å²) >= 11 is 0. The molecule has 18 unspecified atom stereocenters. The Morgan fingerprint density at radius 2 is 0.689 bits per heavy atom. The molecule has 41 nitrogen and oxygen atoms in total. The van der Waals surface area contributed by atoms with Crippen LogP contribution in [0, 0.1) is 0 Å². The van der Waals surface area contributed by atoms with Crippen LogP contribution in [0.3, 0.4) is 0 Å². The lowest BCUT2D eigenvalue weighted by Gasteiger charge is -2.42. The molecular formula is C61H111N8O33P. The fourth-order valence-corrected chi connectivity index (χ4v) is 10.6. The fourth-order valence-electron chi connectivity index (χ4n) is 9.87. The fraction of sp³-hybridized carbons (Fsp3) is 0.869. The molecule has 103 heavy (non-hydrogen) atoms. The van der Waals surface area contributed by atoms with Crippen LogP contribution in [0.4, 0.5) is 0 Å². The summed E-state index contributed by atoms with van der Waals surface area (Å²) in [4.78, 5) is 113. The van der Waals surface area contributed by atoms with E-state index in [0.717, 1.165) is 0 Å². The smallest absolute Gasteiger partial charge is 0.333 e.